The highest BCUT2D eigenvalue weighted by molar-refractivity contribution is 6.33. The van der Waals surface area contributed by atoms with E-state index in [4.69, 9.17) is 27.9 Å². The molecule has 19 heavy (non-hydrogen) atoms. The van der Waals surface area contributed by atoms with Crippen molar-refractivity contribution in [3.05, 3.63) is 39.9 Å². The summed E-state index contributed by atoms with van der Waals surface area (Å²) in [7, 11) is 1.45. The van der Waals surface area contributed by atoms with Crippen LogP contribution in [0.25, 0.3) is 11.1 Å². The number of hydrogen-bond acceptors (Lipinski definition) is 3. The number of hydrogen-bond donors (Lipinski definition) is 2. The van der Waals surface area contributed by atoms with E-state index >= 15 is 0 Å². The first-order valence-electron chi connectivity index (χ1n) is 5.51. The van der Waals surface area contributed by atoms with Crippen LogP contribution in [0.15, 0.2) is 24.3 Å². The Hall–Kier alpha value is -1.58. The fraction of sp³-hybridized carbons (Fsp3) is 0.143. The van der Waals surface area contributed by atoms with Gasteiger partial charge in [0.15, 0.2) is 0 Å². The molecule has 3 nitrogen and oxygen atoms in total. The Balaban J connectivity index is 2.86. The molecule has 0 radical (unpaired) electrons. The first-order valence-corrected chi connectivity index (χ1v) is 6.26. The molecule has 0 unspecified atom stereocenters. The fourth-order valence-corrected chi connectivity index (χ4v) is 2.37. The molecule has 0 atom stereocenters. The van der Waals surface area contributed by atoms with E-state index < -0.39 is 0 Å². The van der Waals surface area contributed by atoms with E-state index in [1.54, 1.807) is 13.0 Å². The van der Waals surface area contributed by atoms with Crippen LogP contribution in [0.3, 0.4) is 0 Å². The summed E-state index contributed by atoms with van der Waals surface area (Å²) in [6.07, 6.45) is 0. The molecule has 0 bridgehead atoms. The van der Waals surface area contributed by atoms with Crippen molar-refractivity contribution in [1.82, 2.24) is 0 Å². The molecule has 0 fully saturated rings. The fourth-order valence-electron chi connectivity index (χ4n) is 1.98. The van der Waals surface area contributed by atoms with Crippen molar-refractivity contribution in [2.75, 3.05) is 7.11 Å². The van der Waals surface area contributed by atoms with Crippen LogP contribution in [0.4, 0.5) is 0 Å². The Kier molecular flexibility index (Phi) is 3.78. The van der Waals surface area contributed by atoms with Gasteiger partial charge in [-0.05, 0) is 36.8 Å². The van der Waals surface area contributed by atoms with E-state index in [0.29, 0.717) is 32.5 Å². The Morgan fingerprint density at radius 2 is 1.42 bits per heavy atom. The van der Waals surface area contributed by atoms with E-state index in [1.165, 1.54) is 25.3 Å². The number of aromatic hydroxyl groups is 2. The van der Waals surface area contributed by atoms with Crippen LogP contribution in [-0.2, 0) is 0 Å². The molecule has 0 heterocycles. The molecule has 0 saturated heterocycles. The Morgan fingerprint density at radius 1 is 0.895 bits per heavy atom. The number of rotatable bonds is 2. The van der Waals surface area contributed by atoms with Gasteiger partial charge in [-0.2, -0.15) is 0 Å². The first-order chi connectivity index (χ1) is 8.97. The largest absolute Gasteiger partial charge is 0.507 e. The van der Waals surface area contributed by atoms with Gasteiger partial charge in [-0.15, -0.1) is 0 Å². The molecule has 0 aliphatic heterocycles. The van der Waals surface area contributed by atoms with Crippen LogP contribution in [0.2, 0.25) is 10.0 Å². The van der Waals surface area contributed by atoms with Crippen LogP contribution in [0, 0.1) is 6.92 Å². The lowest BCUT2D eigenvalue weighted by Crippen LogP contribution is -1.93. The van der Waals surface area contributed by atoms with Crippen molar-refractivity contribution in [3.63, 3.8) is 0 Å². The highest BCUT2D eigenvalue weighted by atomic mass is 35.5. The maximum atomic E-state index is 10.0. The summed E-state index contributed by atoms with van der Waals surface area (Å²) in [6.45, 7) is 1.75. The molecule has 0 saturated carbocycles. The zero-order valence-corrected chi connectivity index (χ0v) is 11.9. The molecule has 0 aliphatic rings. The van der Waals surface area contributed by atoms with Crippen LogP contribution < -0.4 is 4.74 Å². The van der Waals surface area contributed by atoms with Crippen LogP contribution in [0.1, 0.15) is 5.56 Å². The van der Waals surface area contributed by atoms with E-state index in [2.05, 4.69) is 0 Å². The second-order valence-electron chi connectivity index (χ2n) is 4.04. The number of phenols is 2. The normalized spacial score (nSPS) is 10.5. The lowest BCUT2D eigenvalue weighted by molar-refractivity contribution is 0.409. The molecular weight excluding hydrogens is 287 g/mol. The highest BCUT2D eigenvalue weighted by Gasteiger charge is 2.20. The predicted molar refractivity (Wildman–Crippen MR) is 76.5 cm³/mol. The summed E-state index contributed by atoms with van der Waals surface area (Å²) < 4.78 is 5.22. The molecule has 2 N–H and O–H groups in total. The Bertz CT molecular complexity index is 639. The monoisotopic (exact) mass is 298 g/mol. The molecule has 5 heteroatoms. The van der Waals surface area contributed by atoms with Crippen molar-refractivity contribution in [2.45, 2.75) is 6.92 Å². The van der Waals surface area contributed by atoms with E-state index in [9.17, 15) is 10.2 Å². The second-order valence-corrected chi connectivity index (χ2v) is 4.86. The standard InChI is InChI=1S/C14H12Cl2O3/c1-7-8(15)3-5-10(17)12(7)13-11(18)6-4-9(16)14(13)19-2/h3-6,17-18H,1-2H3. The van der Waals surface area contributed by atoms with Gasteiger partial charge < -0.3 is 14.9 Å². The number of phenolic OH excluding ortho intramolecular Hbond substituents is 2. The minimum atomic E-state index is -0.0399. The zero-order valence-electron chi connectivity index (χ0n) is 10.4. The summed E-state index contributed by atoms with van der Waals surface area (Å²) in [4.78, 5) is 0. The SMILES string of the molecule is COc1c(Cl)ccc(O)c1-c1c(O)ccc(Cl)c1C. The lowest BCUT2D eigenvalue weighted by atomic mass is 9.97. The van der Waals surface area contributed by atoms with Crippen molar-refractivity contribution in [2.24, 2.45) is 0 Å². The molecule has 2 rings (SSSR count). The van der Waals surface area contributed by atoms with Crippen LogP contribution in [0.5, 0.6) is 17.2 Å². The molecular formula is C14H12Cl2O3. The topological polar surface area (TPSA) is 49.7 Å². The van der Waals surface area contributed by atoms with Gasteiger partial charge in [0.25, 0.3) is 0 Å². The minimum absolute atomic E-state index is 0.00207. The lowest BCUT2D eigenvalue weighted by Gasteiger charge is -2.16. The van der Waals surface area contributed by atoms with Crippen molar-refractivity contribution in [3.8, 4) is 28.4 Å². The maximum absolute atomic E-state index is 10.0. The number of halogens is 2. The third kappa shape index (κ3) is 2.31. The molecule has 0 spiro atoms. The quantitative estimate of drug-likeness (QED) is 0.864. The maximum Gasteiger partial charge on any atom is 0.149 e. The van der Waals surface area contributed by atoms with Gasteiger partial charge in [0.1, 0.15) is 17.2 Å². The highest BCUT2D eigenvalue weighted by Crippen LogP contribution is 2.47. The second kappa shape index (κ2) is 5.19. The number of ether oxygens (including phenoxy) is 1. The Morgan fingerprint density at radius 3 is 2.00 bits per heavy atom. The van der Waals surface area contributed by atoms with Crippen molar-refractivity contribution >= 4 is 23.2 Å². The summed E-state index contributed by atoms with van der Waals surface area (Å²) in [5.74, 6) is 0.252. The third-order valence-electron chi connectivity index (χ3n) is 2.92. The third-order valence-corrected chi connectivity index (χ3v) is 3.63. The van der Waals surface area contributed by atoms with E-state index in [-0.39, 0.29) is 11.5 Å². The molecule has 2 aromatic carbocycles. The molecule has 2 aromatic rings. The van der Waals surface area contributed by atoms with Crippen molar-refractivity contribution < 1.29 is 14.9 Å². The van der Waals surface area contributed by atoms with Gasteiger partial charge in [-0.3, -0.25) is 0 Å². The summed E-state index contributed by atoms with van der Waals surface area (Å²) >= 11 is 12.1. The summed E-state index contributed by atoms with van der Waals surface area (Å²) in [5.41, 5.74) is 1.37. The number of methoxy groups -OCH3 is 1. The first kappa shape index (κ1) is 13.8. The molecule has 100 valence electrons. The summed E-state index contributed by atoms with van der Waals surface area (Å²) in [6, 6.07) is 6.02. The van der Waals surface area contributed by atoms with Gasteiger partial charge in [-0.1, -0.05) is 23.2 Å². The molecule has 0 amide bonds. The van der Waals surface area contributed by atoms with Gasteiger partial charge in [0, 0.05) is 10.6 Å². The average molecular weight is 299 g/mol. The average Bonchev–Trinajstić information content (AvgIpc) is 2.38. The smallest absolute Gasteiger partial charge is 0.149 e. The number of benzene rings is 2. The van der Waals surface area contributed by atoms with E-state index in [0.717, 1.165) is 0 Å². The predicted octanol–water partition coefficient (Wildman–Crippen LogP) is 4.39. The van der Waals surface area contributed by atoms with Gasteiger partial charge in [-0.25, -0.2) is 0 Å². The van der Waals surface area contributed by atoms with Crippen LogP contribution in [-0.4, -0.2) is 17.3 Å². The minimum Gasteiger partial charge on any atom is -0.507 e. The van der Waals surface area contributed by atoms with Gasteiger partial charge >= 0.3 is 0 Å². The van der Waals surface area contributed by atoms with Crippen molar-refractivity contribution in [1.29, 1.82) is 0 Å². The van der Waals surface area contributed by atoms with Gasteiger partial charge in [0.05, 0.1) is 17.7 Å². The molecule has 0 aliphatic carbocycles. The van der Waals surface area contributed by atoms with Crippen LogP contribution >= 0.6 is 23.2 Å². The Labute approximate surface area is 121 Å². The van der Waals surface area contributed by atoms with Gasteiger partial charge in [0.2, 0.25) is 0 Å². The zero-order chi connectivity index (χ0) is 14.2. The van der Waals surface area contributed by atoms with E-state index in [1.807, 2.05) is 0 Å². The summed E-state index contributed by atoms with van der Waals surface area (Å²) in [5, 5.41) is 20.9. The molecule has 0 aromatic heterocycles.